The lowest BCUT2D eigenvalue weighted by molar-refractivity contribution is 1.24. The van der Waals surface area contributed by atoms with E-state index < -0.39 is 0 Å². The highest BCUT2D eigenvalue weighted by molar-refractivity contribution is 6.17. The molecule has 7 aromatic rings. The Morgan fingerprint density at radius 3 is 1.72 bits per heavy atom. The maximum atomic E-state index is 4.21. The van der Waals surface area contributed by atoms with Crippen LogP contribution in [0.15, 0.2) is 146 Å². The molecule has 0 spiro atoms. The zero-order valence-corrected chi connectivity index (χ0v) is 21.3. The number of hydrogen-bond donors (Lipinski definition) is 0. The van der Waals surface area contributed by atoms with E-state index in [1.54, 1.807) is 0 Å². The summed E-state index contributed by atoms with van der Waals surface area (Å²) in [7, 11) is 0. The van der Waals surface area contributed by atoms with Crippen LogP contribution in [0.25, 0.3) is 54.9 Å². The summed E-state index contributed by atoms with van der Waals surface area (Å²) in [6.45, 7) is 0. The van der Waals surface area contributed by atoms with Crippen molar-refractivity contribution in [1.82, 2.24) is 4.98 Å². The molecule has 2 nitrogen and oxygen atoms in total. The predicted octanol–water partition coefficient (Wildman–Crippen LogP) is 10.2. The van der Waals surface area contributed by atoms with Gasteiger partial charge in [-0.2, -0.15) is 0 Å². The van der Waals surface area contributed by atoms with E-state index in [0.29, 0.717) is 0 Å². The van der Waals surface area contributed by atoms with E-state index in [1.165, 1.54) is 54.9 Å². The summed E-state index contributed by atoms with van der Waals surface area (Å²) in [6.07, 6.45) is 3.68. The first-order valence-corrected chi connectivity index (χ1v) is 13.3. The third-order valence-electron chi connectivity index (χ3n) is 7.86. The molecule has 0 N–H and O–H groups in total. The van der Waals surface area contributed by atoms with Gasteiger partial charge in [-0.3, -0.25) is 4.98 Å². The van der Waals surface area contributed by atoms with Crippen molar-refractivity contribution in [1.29, 1.82) is 0 Å². The molecule has 0 atom stereocenters. The maximum Gasteiger partial charge on any atom is 0.0492 e. The van der Waals surface area contributed by atoms with Crippen LogP contribution in [0.2, 0.25) is 0 Å². The first-order valence-electron chi connectivity index (χ1n) is 13.3. The summed E-state index contributed by atoms with van der Waals surface area (Å²) in [5.74, 6) is 0. The van der Waals surface area contributed by atoms with Crippen LogP contribution in [0, 0.1) is 0 Å². The van der Waals surface area contributed by atoms with Crippen LogP contribution >= 0.6 is 0 Å². The molecule has 6 aromatic carbocycles. The minimum Gasteiger partial charge on any atom is -0.310 e. The van der Waals surface area contributed by atoms with E-state index in [1.807, 2.05) is 30.6 Å². The molecular weight excluding hydrogens is 472 g/mol. The van der Waals surface area contributed by atoms with E-state index in [-0.39, 0.29) is 0 Å². The van der Waals surface area contributed by atoms with Crippen LogP contribution in [0.4, 0.5) is 17.1 Å². The van der Waals surface area contributed by atoms with Gasteiger partial charge in [0.25, 0.3) is 0 Å². The molecular formula is C37H24N2. The molecule has 0 bridgehead atoms. The highest BCUT2D eigenvalue weighted by atomic mass is 15.1. The second-order valence-corrected chi connectivity index (χ2v) is 10.1. The molecule has 0 saturated carbocycles. The van der Waals surface area contributed by atoms with Gasteiger partial charge in [0, 0.05) is 29.5 Å². The topological polar surface area (TPSA) is 16.1 Å². The van der Waals surface area contributed by atoms with Gasteiger partial charge in [-0.15, -0.1) is 0 Å². The Labute approximate surface area is 227 Å². The summed E-state index contributed by atoms with van der Waals surface area (Å²) >= 11 is 0. The lowest BCUT2D eigenvalue weighted by Crippen LogP contribution is -2.09. The summed E-state index contributed by atoms with van der Waals surface area (Å²) in [5.41, 5.74) is 11.1. The fourth-order valence-electron chi connectivity index (χ4n) is 6.03. The van der Waals surface area contributed by atoms with Crippen molar-refractivity contribution < 1.29 is 0 Å². The van der Waals surface area contributed by atoms with Crippen LogP contribution < -0.4 is 4.90 Å². The normalized spacial score (nSPS) is 11.6. The molecule has 2 heteroatoms. The number of nitrogens with zero attached hydrogens (tertiary/aromatic N) is 2. The van der Waals surface area contributed by atoms with Crippen molar-refractivity contribution in [3.05, 3.63) is 146 Å². The Kier molecular flexibility index (Phi) is 4.86. The molecule has 0 amide bonds. The Morgan fingerprint density at radius 1 is 0.385 bits per heavy atom. The van der Waals surface area contributed by atoms with Crippen molar-refractivity contribution in [2.24, 2.45) is 0 Å². The van der Waals surface area contributed by atoms with Crippen LogP contribution in [0.5, 0.6) is 0 Å². The van der Waals surface area contributed by atoms with Gasteiger partial charge in [-0.25, -0.2) is 0 Å². The van der Waals surface area contributed by atoms with Crippen molar-refractivity contribution in [2.45, 2.75) is 0 Å². The van der Waals surface area contributed by atoms with Crippen LogP contribution in [-0.2, 0) is 0 Å². The summed E-state index contributed by atoms with van der Waals surface area (Å²) in [4.78, 5) is 6.47. The van der Waals surface area contributed by atoms with Gasteiger partial charge in [0.2, 0.25) is 0 Å². The first-order chi connectivity index (χ1) is 19.3. The zero-order valence-electron chi connectivity index (χ0n) is 21.3. The van der Waals surface area contributed by atoms with Gasteiger partial charge in [0.05, 0.1) is 0 Å². The fraction of sp³-hybridized carbons (Fsp3) is 0. The van der Waals surface area contributed by atoms with Crippen LogP contribution in [-0.4, -0.2) is 4.98 Å². The van der Waals surface area contributed by atoms with Crippen LogP contribution in [0.3, 0.4) is 0 Å². The second-order valence-electron chi connectivity index (χ2n) is 10.1. The summed E-state index contributed by atoms with van der Waals surface area (Å²) < 4.78 is 0. The first kappa shape index (κ1) is 21.8. The molecule has 8 rings (SSSR count). The van der Waals surface area contributed by atoms with E-state index in [0.717, 1.165) is 17.1 Å². The molecule has 0 radical (unpaired) electrons. The molecule has 39 heavy (non-hydrogen) atoms. The maximum absolute atomic E-state index is 4.21. The van der Waals surface area contributed by atoms with Gasteiger partial charge in [-0.1, -0.05) is 78.9 Å². The molecule has 182 valence electrons. The number of para-hydroxylation sites is 1. The van der Waals surface area contributed by atoms with Gasteiger partial charge < -0.3 is 4.90 Å². The van der Waals surface area contributed by atoms with Gasteiger partial charge in [0.15, 0.2) is 0 Å². The molecule has 1 aliphatic rings. The highest BCUT2D eigenvalue weighted by Gasteiger charge is 2.21. The third kappa shape index (κ3) is 3.53. The lowest BCUT2D eigenvalue weighted by atomic mass is 9.96. The monoisotopic (exact) mass is 496 g/mol. The molecule has 1 heterocycles. The number of hydrogen-bond acceptors (Lipinski definition) is 2. The number of anilines is 3. The largest absolute Gasteiger partial charge is 0.310 e. The number of rotatable bonds is 4. The predicted molar refractivity (Wildman–Crippen MR) is 164 cm³/mol. The van der Waals surface area contributed by atoms with Crippen LogP contribution in [0.1, 0.15) is 0 Å². The number of benzene rings is 6. The SMILES string of the molecule is c1ccc(N(c2ccncc2)c2ccc(-c3ccc4cc5c(cc4c3)-c3cccc4cccc-5c34)cc2)cc1. The minimum atomic E-state index is 1.08. The third-order valence-corrected chi connectivity index (χ3v) is 7.86. The molecule has 1 aromatic heterocycles. The van der Waals surface area contributed by atoms with Crippen molar-refractivity contribution >= 4 is 38.6 Å². The smallest absolute Gasteiger partial charge is 0.0492 e. The number of aromatic nitrogens is 1. The Bertz CT molecular complexity index is 1950. The van der Waals surface area contributed by atoms with Crippen molar-refractivity contribution in [3.8, 4) is 33.4 Å². The second kappa shape index (κ2) is 8.68. The Balaban J connectivity index is 1.19. The van der Waals surface area contributed by atoms with E-state index in [4.69, 9.17) is 0 Å². The molecule has 0 aliphatic heterocycles. The fourth-order valence-corrected chi connectivity index (χ4v) is 6.03. The zero-order chi connectivity index (χ0) is 25.8. The van der Waals surface area contributed by atoms with Gasteiger partial charge in [-0.05, 0) is 110 Å². The standard InChI is InChI=1S/C37H24N2/c1-2-8-30(9-3-1)39(32-18-20-38-21-19-32)31-16-14-25(15-17-31)27-12-13-28-23-35-33-10-4-6-26-7-5-11-34(37(26)33)36(35)24-29(28)22-27/h1-24H. The lowest BCUT2D eigenvalue weighted by Gasteiger charge is -2.25. The van der Waals surface area contributed by atoms with Gasteiger partial charge in [0.1, 0.15) is 0 Å². The minimum absolute atomic E-state index is 1.08. The molecule has 1 aliphatic carbocycles. The quantitative estimate of drug-likeness (QED) is 0.241. The van der Waals surface area contributed by atoms with E-state index >= 15 is 0 Å². The molecule has 0 fully saturated rings. The van der Waals surface area contributed by atoms with Gasteiger partial charge >= 0.3 is 0 Å². The number of fused-ring (bicyclic) bond motifs is 4. The molecule has 0 unspecified atom stereocenters. The van der Waals surface area contributed by atoms with E-state index in [2.05, 4.69) is 125 Å². The average Bonchev–Trinajstić information content (AvgIpc) is 3.31. The highest BCUT2D eigenvalue weighted by Crippen LogP contribution is 2.48. The average molecular weight is 497 g/mol. The molecule has 0 saturated heterocycles. The van der Waals surface area contributed by atoms with E-state index in [9.17, 15) is 0 Å². The Morgan fingerprint density at radius 2 is 1.00 bits per heavy atom. The summed E-state index contributed by atoms with van der Waals surface area (Å²) in [6, 6.07) is 48.2. The van der Waals surface area contributed by atoms with Crippen molar-refractivity contribution in [3.63, 3.8) is 0 Å². The Hall–Kier alpha value is -5.21. The number of pyridine rings is 1. The van der Waals surface area contributed by atoms with Crippen molar-refractivity contribution in [2.75, 3.05) is 4.90 Å². The summed E-state index contributed by atoms with van der Waals surface area (Å²) in [5, 5.41) is 5.22.